The van der Waals surface area contributed by atoms with E-state index in [1.54, 1.807) is 0 Å². The zero-order valence-electron chi connectivity index (χ0n) is 18.6. The lowest BCUT2D eigenvalue weighted by atomic mass is 10.0. The molecule has 0 spiro atoms. The molecule has 31 heavy (non-hydrogen) atoms. The minimum absolute atomic E-state index is 0.101. The number of nitrogens with one attached hydrogen (secondary N) is 1. The van der Waals surface area contributed by atoms with Gasteiger partial charge in [0, 0.05) is 69.3 Å². The molecule has 4 rings (SSSR count). The van der Waals surface area contributed by atoms with Crippen molar-refractivity contribution in [3.63, 3.8) is 0 Å². The summed E-state index contributed by atoms with van der Waals surface area (Å²) in [4.78, 5) is 34.5. The Kier molecular flexibility index (Phi) is 7.16. The Balaban J connectivity index is 1.36. The van der Waals surface area contributed by atoms with Crippen molar-refractivity contribution in [3.8, 4) is 0 Å². The molecule has 3 heterocycles. The summed E-state index contributed by atoms with van der Waals surface area (Å²) in [5, 5.41) is 3.88. The molecule has 1 aromatic carbocycles. The first-order valence-electron chi connectivity index (χ1n) is 11.4. The topological polar surface area (TPSA) is 59.1 Å². The standard InChI is InChI=1S/C23H34ClN5O2/c1-26-10-12-28(13-11-26)21(30)7-6-19-15-25-23(31)22-20(27(19)2)8-9-29(22)16-17-4-3-5-18(24)14-17/h3-5,14,19-20,22H,6-13,15-16H2,1-2H3,(H,25,31)/t19-,20-,22-/m1/s1. The number of nitrogens with zero attached hydrogens (tertiary/aromatic N) is 4. The number of fused-ring (bicyclic) bond motifs is 1. The Morgan fingerprint density at radius 3 is 2.68 bits per heavy atom. The predicted octanol–water partition coefficient (Wildman–Crippen LogP) is 1.27. The summed E-state index contributed by atoms with van der Waals surface area (Å²) < 4.78 is 0. The van der Waals surface area contributed by atoms with Crippen LogP contribution in [-0.2, 0) is 16.1 Å². The summed E-state index contributed by atoms with van der Waals surface area (Å²) in [5.74, 6) is 0.340. The van der Waals surface area contributed by atoms with Crippen LogP contribution < -0.4 is 5.32 Å². The second-order valence-corrected chi connectivity index (χ2v) is 9.62. The van der Waals surface area contributed by atoms with Crippen LogP contribution in [0.3, 0.4) is 0 Å². The highest BCUT2D eigenvalue weighted by atomic mass is 35.5. The lowest BCUT2D eigenvalue weighted by molar-refractivity contribution is -0.133. The summed E-state index contributed by atoms with van der Waals surface area (Å²) in [6.45, 7) is 5.71. The van der Waals surface area contributed by atoms with Crippen molar-refractivity contribution in [2.75, 3.05) is 53.4 Å². The smallest absolute Gasteiger partial charge is 0.239 e. The highest BCUT2D eigenvalue weighted by Crippen LogP contribution is 2.29. The van der Waals surface area contributed by atoms with E-state index in [-0.39, 0.29) is 29.9 Å². The van der Waals surface area contributed by atoms with Gasteiger partial charge in [-0.15, -0.1) is 0 Å². The van der Waals surface area contributed by atoms with E-state index in [1.165, 1.54) is 0 Å². The molecule has 0 radical (unpaired) electrons. The molecule has 3 saturated heterocycles. The molecule has 3 aliphatic rings. The SMILES string of the molecule is CN1CCN(C(=O)CC[C@@H]2CNC(=O)[C@H]3[C@@H](CCN3Cc3cccc(Cl)c3)N2C)CC1. The monoisotopic (exact) mass is 447 g/mol. The molecular weight excluding hydrogens is 414 g/mol. The van der Waals surface area contributed by atoms with Crippen molar-refractivity contribution >= 4 is 23.4 Å². The third-order valence-electron chi connectivity index (χ3n) is 7.17. The van der Waals surface area contributed by atoms with Crippen LogP contribution in [0.15, 0.2) is 24.3 Å². The zero-order chi connectivity index (χ0) is 22.0. The number of likely N-dealkylation sites (tertiary alicyclic amines) is 1. The van der Waals surface area contributed by atoms with Crippen LogP contribution in [0.1, 0.15) is 24.8 Å². The van der Waals surface area contributed by atoms with Crippen LogP contribution in [0.5, 0.6) is 0 Å². The molecule has 0 bridgehead atoms. The fraction of sp³-hybridized carbons (Fsp3) is 0.652. The zero-order valence-corrected chi connectivity index (χ0v) is 19.4. The normalized spacial score (nSPS) is 28.3. The van der Waals surface area contributed by atoms with E-state index in [9.17, 15) is 9.59 Å². The van der Waals surface area contributed by atoms with Gasteiger partial charge in [-0.25, -0.2) is 0 Å². The minimum Gasteiger partial charge on any atom is -0.353 e. The Labute approximate surface area is 190 Å². The summed E-state index contributed by atoms with van der Waals surface area (Å²) in [6, 6.07) is 8.05. The van der Waals surface area contributed by atoms with Crippen LogP contribution >= 0.6 is 11.6 Å². The maximum Gasteiger partial charge on any atom is 0.239 e. The number of likely N-dealkylation sites (N-methyl/N-ethyl adjacent to an activating group) is 2. The summed E-state index contributed by atoms with van der Waals surface area (Å²) >= 11 is 6.15. The maximum absolute atomic E-state index is 13.0. The van der Waals surface area contributed by atoms with Crippen LogP contribution in [0.2, 0.25) is 5.02 Å². The minimum atomic E-state index is -0.165. The summed E-state index contributed by atoms with van der Waals surface area (Å²) in [5.41, 5.74) is 1.13. The van der Waals surface area contributed by atoms with Crippen LogP contribution in [0.25, 0.3) is 0 Å². The molecule has 1 aromatic rings. The number of halogens is 1. The lowest BCUT2D eigenvalue weighted by Crippen LogP contribution is -2.50. The molecule has 0 saturated carbocycles. The van der Waals surface area contributed by atoms with Crippen LogP contribution in [-0.4, -0.2) is 103 Å². The fourth-order valence-corrected chi connectivity index (χ4v) is 5.41. The molecule has 0 aromatic heterocycles. The average Bonchev–Trinajstić information content (AvgIpc) is 3.12. The maximum atomic E-state index is 13.0. The van der Waals surface area contributed by atoms with Crippen molar-refractivity contribution in [1.82, 2.24) is 24.9 Å². The summed E-state index contributed by atoms with van der Waals surface area (Å²) in [6.07, 6.45) is 2.27. The fourth-order valence-electron chi connectivity index (χ4n) is 5.20. The van der Waals surface area contributed by atoms with E-state index in [4.69, 9.17) is 11.6 Å². The molecular formula is C23H34ClN5O2. The van der Waals surface area contributed by atoms with E-state index < -0.39 is 0 Å². The van der Waals surface area contributed by atoms with E-state index >= 15 is 0 Å². The van der Waals surface area contributed by atoms with Crippen LogP contribution in [0, 0.1) is 0 Å². The van der Waals surface area contributed by atoms with Gasteiger partial charge in [0.2, 0.25) is 11.8 Å². The van der Waals surface area contributed by atoms with Crippen molar-refractivity contribution in [3.05, 3.63) is 34.9 Å². The summed E-state index contributed by atoms with van der Waals surface area (Å²) in [7, 11) is 4.21. The molecule has 0 aliphatic carbocycles. The number of amides is 2. The van der Waals surface area contributed by atoms with Gasteiger partial charge in [0.25, 0.3) is 0 Å². The van der Waals surface area contributed by atoms with Gasteiger partial charge in [0.1, 0.15) is 6.04 Å². The van der Waals surface area contributed by atoms with Crippen LogP contribution in [0.4, 0.5) is 0 Å². The van der Waals surface area contributed by atoms with Gasteiger partial charge >= 0.3 is 0 Å². The number of hydrogen-bond donors (Lipinski definition) is 1. The van der Waals surface area contributed by atoms with E-state index in [0.29, 0.717) is 13.0 Å². The van der Waals surface area contributed by atoms with Gasteiger partial charge in [-0.05, 0) is 44.6 Å². The first kappa shape index (κ1) is 22.5. The second-order valence-electron chi connectivity index (χ2n) is 9.19. The first-order valence-corrected chi connectivity index (χ1v) is 11.7. The average molecular weight is 448 g/mol. The van der Waals surface area contributed by atoms with E-state index in [0.717, 1.165) is 62.7 Å². The van der Waals surface area contributed by atoms with Gasteiger partial charge in [-0.2, -0.15) is 0 Å². The van der Waals surface area contributed by atoms with Gasteiger partial charge in [-0.3, -0.25) is 19.4 Å². The van der Waals surface area contributed by atoms with Crippen molar-refractivity contribution < 1.29 is 9.59 Å². The number of benzene rings is 1. The number of carbonyl (C=O) groups excluding carboxylic acids is 2. The lowest BCUT2D eigenvalue weighted by Gasteiger charge is -2.35. The molecule has 1 N–H and O–H groups in total. The van der Waals surface area contributed by atoms with Gasteiger partial charge < -0.3 is 15.1 Å². The van der Waals surface area contributed by atoms with E-state index in [1.807, 2.05) is 23.1 Å². The molecule has 3 aliphatic heterocycles. The number of piperazine rings is 1. The third-order valence-corrected chi connectivity index (χ3v) is 7.41. The van der Waals surface area contributed by atoms with Crippen molar-refractivity contribution in [2.24, 2.45) is 0 Å². The Morgan fingerprint density at radius 2 is 1.94 bits per heavy atom. The van der Waals surface area contributed by atoms with Gasteiger partial charge in [-0.1, -0.05) is 23.7 Å². The molecule has 2 amide bonds. The Morgan fingerprint density at radius 1 is 1.16 bits per heavy atom. The van der Waals surface area contributed by atoms with Crippen molar-refractivity contribution in [2.45, 2.75) is 43.9 Å². The Bertz CT molecular complexity index is 798. The highest BCUT2D eigenvalue weighted by molar-refractivity contribution is 6.30. The Hall–Kier alpha value is -1.67. The van der Waals surface area contributed by atoms with E-state index in [2.05, 4.69) is 40.2 Å². The predicted molar refractivity (Wildman–Crippen MR) is 122 cm³/mol. The quantitative estimate of drug-likeness (QED) is 0.736. The third kappa shape index (κ3) is 5.22. The molecule has 0 unspecified atom stereocenters. The highest BCUT2D eigenvalue weighted by Gasteiger charge is 2.45. The molecule has 8 heteroatoms. The molecule has 7 nitrogen and oxygen atoms in total. The van der Waals surface area contributed by atoms with Crippen molar-refractivity contribution in [1.29, 1.82) is 0 Å². The second kappa shape index (κ2) is 9.86. The van der Waals surface area contributed by atoms with Gasteiger partial charge in [0.15, 0.2) is 0 Å². The number of rotatable bonds is 5. The first-order chi connectivity index (χ1) is 14.9. The van der Waals surface area contributed by atoms with Gasteiger partial charge in [0.05, 0.1) is 0 Å². The molecule has 3 fully saturated rings. The molecule has 3 atom stereocenters. The number of carbonyl (C=O) groups is 2. The number of hydrogen-bond acceptors (Lipinski definition) is 5. The largest absolute Gasteiger partial charge is 0.353 e. The molecule has 170 valence electrons.